The van der Waals surface area contributed by atoms with Crippen LogP contribution in [-0.2, 0) is 18.5 Å². The van der Waals surface area contributed by atoms with Gasteiger partial charge in [0.05, 0.1) is 16.7 Å². The van der Waals surface area contributed by atoms with E-state index >= 15 is 0 Å². The van der Waals surface area contributed by atoms with E-state index in [-0.39, 0.29) is 6.08 Å². The Morgan fingerprint density at radius 2 is 1.18 bits per heavy atom. The Balaban J connectivity index is 3.94. The Morgan fingerprint density at radius 1 is 0.818 bits per heavy atom. The number of ketones is 1. The molecule has 10 heteroatoms. The van der Waals surface area contributed by atoms with Gasteiger partial charge in [-0.2, -0.15) is 39.5 Å². The van der Waals surface area contributed by atoms with Gasteiger partial charge >= 0.3 is 18.5 Å². The third kappa shape index (κ3) is 3.60. The van der Waals surface area contributed by atoms with Crippen LogP contribution in [0.25, 0.3) is 0 Å². The van der Waals surface area contributed by atoms with Crippen LogP contribution in [0.3, 0.4) is 0 Å². The van der Waals surface area contributed by atoms with Crippen LogP contribution in [0.1, 0.15) is 27.0 Å². The summed E-state index contributed by atoms with van der Waals surface area (Å²) in [5.74, 6) is -1.78. The second-order valence-corrected chi connectivity index (χ2v) is 4.01. The molecule has 0 heterocycles. The highest BCUT2D eigenvalue weighted by atomic mass is 19.4. The summed E-state index contributed by atoms with van der Waals surface area (Å²) < 4.78 is 114. The predicted octanol–water partition coefficient (Wildman–Crippen LogP) is 5.11. The molecule has 0 spiro atoms. The third-order valence-electron chi connectivity index (χ3n) is 2.51. The van der Waals surface area contributed by atoms with Crippen molar-refractivity contribution in [1.82, 2.24) is 0 Å². The molecule has 0 aliphatic heterocycles. The Morgan fingerprint density at radius 3 is 1.41 bits per heavy atom. The molecule has 1 aromatic carbocycles. The Labute approximate surface area is 117 Å². The molecule has 0 N–H and O–H groups in total. The molecule has 22 heavy (non-hydrogen) atoms. The molecular weight excluding hydrogens is 331 g/mol. The minimum atomic E-state index is -5.59. The number of hydrogen-bond donors (Lipinski definition) is 0. The largest absolute Gasteiger partial charge is 0.417 e. The van der Waals surface area contributed by atoms with E-state index in [0.717, 1.165) is 0 Å². The number of allylic oxidation sites excluding steroid dienone is 1. The monoisotopic (exact) mass is 336 g/mol. The summed E-state index contributed by atoms with van der Waals surface area (Å²) in [4.78, 5) is 11.3. The topological polar surface area (TPSA) is 17.1 Å². The van der Waals surface area contributed by atoms with Gasteiger partial charge in [-0.25, -0.2) is 0 Å². The number of carbonyl (C=O) groups is 1. The molecule has 1 rings (SSSR count). The van der Waals surface area contributed by atoms with Gasteiger partial charge in [0.1, 0.15) is 0 Å². The van der Waals surface area contributed by atoms with Gasteiger partial charge in [-0.3, -0.25) is 4.79 Å². The zero-order valence-corrected chi connectivity index (χ0v) is 10.2. The van der Waals surface area contributed by atoms with Crippen LogP contribution in [0, 0.1) is 0 Å². The standard InChI is InChI=1S/C12H5F9O/c1-2-8(22)9-6(11(16,17)18)3-5(10(13,14)15)4-7(9)12(19,20)21/h2-4H,1H2. The molecule has 122 valence electrons. The molecule has 0 unspecified atom stereocenters. The molecule has 0 radical (unpaired) electrons. The van der Waals surface area contributed by atoms with Gasteiger partial charge in [0, 0.05) is 5.56 Å². The fourth-order valence-electron chi connectivity index (χ4n) is 1.62. The van der Waals surface area contributed by atoms with Crippen LogP contribution in [0.5, 0.6) is 0 Å². The fraction of sp³-hybridized carbons (Fsp3) is 0.250. The molecule has 0 bridgehead atoms. The van der Waals surface area contributed by atoms with Crippen molar-refractivity contribution >= 4 is 5.78 Å². The van der Waals surface area contributed by atoms with E-state index in [0.29, 0.717) is 0 Å². The average Bonchev–Trinajstić information content (AvgIpc) is 2.33. The van der Waals surface area contributed by atoms with Crippen molar-refractivity contribution in [3.63, 3.8) is 0 Å². The highest BCUT2D eigenvalue weighted by Crippen LogP contribution is 2.43. The molecule has 0 aromatic heterocycles. The number of carbonyl (C=O) groups excluding carboxylic acids is 1. The van der Waals surface area contributed by atoms with Crippen molar-refractivity contribution in [2.75, 3.05) is 0 Å². The van der Waals surface area contributed by atoms with Crippen molar-refractivity contribution in [1.29, 1.82) is 0 Å². The van der Waals surface area contributed by atoms with E-state index < -0.39 is 58.7 Å². The van der Waals surface area contributed by atoms with E-state index in [4.69, 9.17) is 0 Å². The van der Waals surface area contributed by atoms with Gasteiger partial charge in [-0.15, -0.1) is 0 Å². The lowest BCUT2D eigenvalue weighted by atomic mass is 9.93. The normalized spacial score (nSPS) is 13.1. The quantitative estimate of drug-likeness (QED) is 0.417. The van der Waals surface area contributed by atoms with Crippen molar-refractivity contribution in [3.05, 3.63) is 47.0 Å². The smallest absolute Gasteiger partial charge is 0.289 e. The first-order valence-electron chi connectivity index (χ1n) is 5.26. The molecule has 0 saturated heterocycles. The van der Waals surface area contributed by atoms with Crippen LogP contribution in [0.15, 0.2) is 24.8 Å². The Hall–Kier alpha value is -2.00. The molecule has 1 aromatic rings. The molecule has 0 aliphatic rings. The minimum Gasteiger partial charge on any atom is -0.289 e. The summed E-state index contributed by atoms with van der Waals surface area (Å²) in [5, 5.41) is 0. The fourth-order valence-corrected chi connectivity index (χ4v) is 1.62. The lowest BCUT2D eigenvalue weighted by molar-refractivity contribution is -0.148. The summed E-state index contributed by atoms with van der Waals surface area (Å²) in [6.45, 7) is 2.75. The summed E-state index contributed by atoms with van der Waals surface area (Å²) in [6.07, 6.45) is -16.5. The molecule has 0 atom stereocenters. The van der Waals surface area contributed by atoms with E-state index in [2.05, 4.69) is 6.58 Å². The van der Waals surface area contributed by atoms with Crippen LogP contribution < -0.4 is 0 Å². The van der Waals surface area contributed by atoms with E-state index in [1.165, 1.54) is 0 Å². The van der Waals surface area contributed by atoms with Gasteiger partial charge in [0.25, 0.3) is 0 Å². The van der Waals surface area contributed by atoms with E-state index in [1.54, 1.807) is 0 Å². The first-order valence-corrected chi connectivity index (χ1v) is 5.26. The molecule has 0 amide bonds. The molecular formula is C12H5F9O. The van der Waals surface area contributed by atoms with E-state index in [9.17, 15) is 44.3 Å². The van der Waals surface area contributed by atoms with Crippen LogP contribution in [0.4, 0.5) is 39.5 Å². The van der Waals surface area contributed by atoms with Gasteiger partial charge < -0.3 is 0 Å². The second kappa shape index (κ2) is 5.33. The van der Waals surface area contributed by atoms with Crippen molar-refractivity contribution in [2.24, 2.45) is 0 Å². The lowest BCUT2D eigenvalue weighted by Gasteiger charge is -2.19. The SMILES string of the molecule is C=CC(=O)c1c(C(F)(F)F)cc(C(F)(F)F)cc1C(F)(F)F. The molecule has 0 aliphatic carbocycles. The summed E-state index contributed by atoms with van der Waals surface area (Å²) in [6, 6.07) is -1.07. The van der Waals surface area contributed by atoms with Crippen molar-refractivity contribution in [2.45, 2.75) is 18.5 Å². The third-order valence-corrected chi connectivity index (χ3v) is 2.51. The Kier molecular flexibility index (Phi) is 4.37. The molecule has 0 saturated carbocycles. The number of benzene rings is 1. The maximum absolute atomic E-state index is 12.8. The minimum absolute atomic E-state index is 0.160. The van der Waals surface area contributed by atoms with Crippen molar-refractivity contribution in [3.8, 4) is 0 Å². The Bertz CT molecular complexity index is 569. The zero-order valence-electron chi connectivity index (χ0n) is 10.2. The maximum Gasteiger partial charge on any atom is 0.417 e. The number of alkyl halides is 9. The lowest BCUT2D eigenvalue weighted by Crippen LogP contribution is -2.22. The van der Waals surface area contributed by atoms with Gasteiger partial charge in [0.15, 0.2) is 5.78 Å². The first-order chi connectivity index (χ1) is 9.69. The second-order valence-electron chi connectivity index (χ2n) is 4.01. The highest BCUT2D eigenvalue weighted by Gasteiger charge is 2.45. The average molecular weight is 336 g/mol. The number of rotatable bonds is 2. The number of halogens is 9. The summed E-state index contributed by atoms with van der Waals surface area (Å²) >= 11 is 0. The van der Waals surface area contributed by atoms with Crippen molar-refractivity contribution < 1.29 is 44.3 Å². The van der Waals surface area contributed by atoms with Gasteiger partial charge in [-0.1, -0.05) is 6.58 Å². The summed E-state index contributed by atoms with van der Waals surface area (Å²) in [5.41, 5.74) is -8.71. The highest BCUT2D eigenvalue weighted by molar-refractivity contribution is 6.06. The zero-order chi connectivity index (χ0) is 17.5. The molecule has 0 fully saturated rings. The predicted molar refractivity (Wildman–Crippen MR) is 56.0 cm³/mol. The maximum atomic E-state index is 12.8. The van der Waals surface area contributed by atoms with Crippen LogP contribution in [0.2, 0.25) is 0 Å². The molecule has 1 nitrogen and oxygen atoms in total. The van der Waals surface area contributed by atoms with Gasteiger partial charge in [-0.05, 0) is 18.2 Å². The van der Waals surface area contributed by atoms with Gasteiger partial charge in [0.2, 0.25) is 0 Å². The van der Waals surface area contributed by atoms with Crippen LogP contribution in [-0.4, -0.2) is 5.78 Å². The van der Waals surface area contributed by atoms with Crippen LogP contribution >= 0.6 is 0 Å². The first kappa shape index (κ1) is 18.1. The summed E-state index contributed by atoms with van der Waals surface area (Å²) in [7, 11) is 0. The van der Waals surface area contributed by atoms with E-state index in [1.807, 2.05) is 0 Å². The number of hydrogen-bond acceptors (Lipinski definition) is 1.